The second kappa shape index (κ2) is 18.1. The number of carbonyl (C=O) groups excluding carboxylic acids is 1. The van der Waals surface area contributed by atoms with E-state index in [0.717, 1.165) is 0 Å². The van der Waals surface area contributed by atoms with Gasteiger partial charge < -0.3 is 147 Å². The Balaban J connectivity index is 1.23. The van der Waals surface area contributed by atoms with Gasteiger partial charge in [-0.05, 0) is 18.0 Å². The third-order valence-corrected chi connectivity index (χ3v) is 15.4. The van der Waals surface area contributed by atoms with E-state index < -0.39 is 305 Å². The summed E-state index contributed by atoms with van der Waals surface area (Å²) in [7, 11) is 12.8. The van der Waals surface area contributed by atoms with E-state index in [2.05, 4.69) is 6.58 Å². The fourth-order valence-electron chi connectivity index (χ4n) is 11.4. The molecule has 27 N–H and O–H groups in total. The fourth-order valence-corrected chi connectivity index (χ4v) is 11.4. The van der Waals surface area contributed by atoms with Crippen LogP contribution in [0.3, 0.4) is 0 Å². The van der Waals surface area contributed by atoms with Crippen molar-refractivity contribution in [1.29, 1.82) is 0 Å². The highest BCUT2D eigenvalue weighted by molar-refractivity contribution is 6.49. The van der Waals surface area contributed by atoms with Crippen LogP contribution in [-0.2, 0) is 0 Å². The first-order chi connectivity index (χ1) is 42.1. The van der Waals surface area contributed by atoms with E-state index in [1.165, 1.54) is 0 Å². The zero-order valence-corrected chi connectivity index (χ0v) is 44.0. The number of Topliss-reactive ketones (excluding diaryl/α,β-unsaturated/α-hetero) is 1. The van der Waals surface area contributed by atoms with Crippen molar-refractivity contribution in [2.24, 2.45) is 0 Å². The molecule has 12 rings (SSSR count). The highest BCUT2D eigenvalue weighted by atomic mass is 17.2. The number of carbonyl (C=O) groups is 1. The Morgan fingerprint density at radius 3 is 1.33 bits per heavy atom. The summed E-state index contributed by atoms with van der Waals surface area (Å²) in [6.07, 6.45) is 0. The molecular weight excluding hydrogens is 1210 g/mol. The number of ether oxygens (including phenoxy) is 1. The van der Waals surface area contributed by atoms with Crippen molar-refractivity contribution < 1.29 is 162 Å². The van der Waals surface area contributed by atoms with E-state index >= 15 is 4.79 Å². The third kappa shape index (κ3) is 6.59. The Bertz CT molecular complexity index is 5360. The standard InChI is InChI=1S/C56H32B2O32/c1-3(59)5(26(62)38(74)33(69)18-15-7-14-11(12-17(24(7)58)31(67)42(78)41(77)30(12)66)29(65)45(81)47(83)55(14)89-90-56(15)48(84)46(82)34(18)70)8-10-9(27(63)39(75)40(76)28(10)64)6-13-16-21-36(72)32(68)19-22(37(73)44(80)43(79)35(19)71)51(21)87-54(16)50(86)49(85)53(13)88-52(20(6)25(8)61)23(57)4(2)60/h59-68,70-86H,2H2,1H3/b5-3+,38-26-,52-23-. The van der Waals surface area contributed by atoms with Gasteiger partial charge in [0.1, 0.15) is 38.7 Å². The summed E-state index contributed by atoms with van der Waals surface area (Å²) >= 11 is 0. The Morgan fingerprint density at radius 2 is 0.778 bits per heavy atom. The van der Waals surface area contributed by atoms with Crippen LogP contribution in [-0.4, -0.2) is 159 Å². The smallest absolute Gasteiger partial charge is 0.235 e. The van der Waals surface area contributed by atoms with Gasteiger partial charge in [0.25, 0.3) is 0 Å². The Morgan fingerprint density at radius 1 is 0.356 bits per heavy atom. The van der Waals surface area contributed by atoms with Crippen molar-refractivity contribution in [2.75, 3.05) is 0 Å². The van der Waals surface area contributed by atoms with Gasteiger partial charge in [-0.25, -0.2) is 0 Å². The number of benzene rings is 9. The molecule has 0 amide bonds. The number of hydrogen-bond acceptors (Lipinski definition) is 32. The average Bonchev–Trinajstić information content (AvgIpc) is 1.24. The van der Waals surface area contributed by atoms with Gasteiger partial charge in [0.05, 0.1) is 32.9 Å². The number of aliphatic hydroxyl groups is 4. The Hall–Kier alpha value is -13.4. The summed E-state index contributed by atoms with van der Waals surface area (Å²) in [5.74, 6) is -50.2. The average molecular weight is 1240 g/mol. The third-order valence-electron chi connectivity index (χ3n) is 15.4. The van der Waals surface area contributed by atoms with Gasteiger partial charge in [-0.1, -0.05) is 12.0 Å². The molecule has 0 atom stereocenters. The minimum Gasteiger partial charge on any atom is -0.512 e. The highest BCUT2D eigenvalue weighted by Gasteiger charge is 2.45. The van der Waals surface area contributed by atoms with E-state index in [1.54, 1.807) is 0 Å². The first-order valence-electron chi connectivity index (χ1n) is 24.6. The number of aliphatic hydroxyl groups excluding tert-OH is 4. The summed E-state index contributed by atoms with van der Waals surface area (Å²) < 4.78 is 11.7. The molecule has 0 aliphatic carbocycles. The maximum absolute atomic E-state index is 15.2. The van der Waals surface area contributed by atoms with Crippen LogP contribution in [0.4, 0.5) is 0 Å². The van der Waals surface area contributed by atoms with E-state index in [-0.39, 0.29) is 0 Å². The van der Waals surface area contributed by atoms with Gasteiger partial charge in [-0.3, -0.25) is 14.6 Å². The maximum atomic E-state index is 15.2. The number of furan rings is 1. The van der Waals surface area contributed by atoms with Crippen LogP contribution in [0.5, 0.6) is 149 Å². The van der Waals surface area contributed by atoms with Gasteiger partial charge in [0.15, 0.2) is 80.2 Å². The van der Waals surface area contributed by atoms with Crippen molar-refractivity contribution in [2.45, 2.75) is 6.92 Å². The summed E-state index contributed by atoms with van der Waals surface area (Å²) in [5.41, 5.74) is -14.7. The molecule has 0 spiro atoms. The van der Waals surface area contributed by atoms with Crippen LogP contribution in [0.1, 0.15) is 28.4 Å². The molecular formula is C56H32B2O32. The van der Waals surface area contributed by atoms with Gasteiger partial charge >= 0.3 is 0 Å². The summed E-state index contributed by atoms with van der Waals surface area (Å²) in [6.45, 7) is 3.87. The fraction of sp³-hybridized carbons (Fsp3) is 0.0179. The lowest BCUT2D eigenvalue weighted by atomic mass is 9.76. The largest absolute Gasteiger partial charge is 0.512 e. The van der Waals surface area contributed by atoms with Gasteiger partial charge in [-0.15, -0.1) is 0 Å². The molecule has 0 unspecified atom stereocenters. The molecule has 2 aliphatic heterocycles. The van der Waals surface area contributed by atoms with Crippen molar-refractivity contribution in [3.63, 3.8) is 0 Å². The normalized spacial score (nSPS) is 13.7. The quantitative estimate of drug-likeness (QED) is 0.0107. The predicted octanol–water partition coefficient (Wildman–Crippen LogP) is 6.04. The number of ketones is 1. The summed E-state index contributed by atoms with van der Waals surface area (Å²) in [5, 5.41) is 297. The highest BCUT2D eigenvalue weighted by Crippen LogP contribution is 2.68. The second-order valence-electron chi connectivity index (χ2n) is 20.0. The summed E-state index contributed by atoms with van der Waals surface area (Å²) in [6, 6.07) is 0. The Labute approximate surface area is 494 Å². The first kappa shape index (κ1) is 57.0. The number of hydrogen-bond donors (Lipinski definition) is 27. The lowest BCUT2D eigenvalue weighted by molar-refractivity contribution is -0.101. The minimum atomic E-state index is -2.29. The molecule has 2 aliphatic rings. The molecule has 90 heavy (non-hydrogen) atoms. The number of rotatable bonds is 5. The van der Waals surface area contributed by atoms with Gasteiger partial charge in [0.2, 0.25) is 92.0 Å². The lowest BCUT2D eigenvalue weighted by Crippen LogP contribution is -2.15. The van der Waals surface area contributed by atoms with Crippen molar-refractivity contribution in [1.82, 2.24) is 0 Å². The molecule has 0 saturated heterocycles. The molecule has 1 aromatic heterocycles. The lowest BCUT2D eigenvalue weighted by Gasteiger charge is -2.30. The summed E-state index contributed by atoms with van der Waals surface area (Å²) in [4.78, 5) is 25.6. The van der Waals surface area contributed by atoms with Crippen molar-refractivity contribution in [3.8, 4) is 172 Å². The second-order valence-corrected chi connectivity index (χ2v) is 20.0. The number of phenols is 23. The zero-order chi connectivity index (χ0) is 66.0. The molecule has 10 aromatic rings. The number of phenolic OH excluding ortho intramolecular Hbond substituents is 23. The molecule has 34 heteroatoms. The molecule has 3 heterocycles. The maximum Gasteiger partial charge on any atom is 0.235 e. The molecule has 4 radical (unpaired) electrons. The van der Waals surface area contributed by atoms with Gasteiger partial charge in [-0.2, -0.15) is 0 Å². The van der Waals surface area contributed by atoms with E-state index in [4.69, 9.17) is 34.6 Å². The van der Waals surface area contributed by atoms with Gasteiger partial charge in [0, 0.05) is 60.0 Å². The van der Waals surface area contributed by atoms with Crippen LogP contribution < -0.4 is 20.0 Å². The van der Waals surface area contributed by atoms with Crippen molar-refractivity contribution >= 4 is 103 Å². The minimum absolute atomic E-state index is 0.595. The predicted molar refractivity (Wildman–Crippen MR) is 303 cm³/mol. The molecule has 0 fully saturated rings. The number of fused-ring (bicyclic) bond motifs is 15. The monoisotopic (exact) mass is 1240 g/mol. The van der Waals surface area contributed by atoms with E-state index in [1.807, 2.05) is 0 Å². The molecule has 0 bridgehead atoms. The SMILES string of the molecule is [B]/C(C(=C)O)=C1\Oc2c(O)c(O)c3oc4c5c(O)c(O)c(O)c(O)c5c(O)c(O)c4c3c2-c2c1c(O)c(C(/C(O)=C(/O)C(=O)c1c(O)c(O)c(O)c3c1-c1c([B])c4c(O)c(O)c(O)c(O)c4c4c(O)c(O)c(O)c(c14)OO3)=C(/C)O)c1c(O)c(O)c(O)c(O)c21. The number of aromatic hydroxyl groups is 23. The van der Waals surface area contributed by atoms with E-state index in [9.17, 15) is 138 Å². The zero-order valence-electron chi connectivity index (χ0n) is 44.0. The molecule has 454 valence electrons. The molecule has 32 nitrogen and oxygen atoms in total. The van der Waals surface area contributed by atoms with E-state index in [0.29, 0.717) is 6.92 Å². The Kier molecular flexibility index (Phi) is 11.4. The van der Waals surface area contributed by atoms with Crippen LogP contribution in [0.15, 0.2) is 39.5 Å². The van der Waals surface area contributed by atoms with Crippen molar-refractivity contribution in [3.05, 3.63) is 51.8 Å². The number of allylic oxidation sites excluding steroid dienone is 4. The van der Waals surface area contributed by atoms with Crippen LogP contribution in [0.25, 0.3) is 98.6 Å². The van der Waals surface area contributed by atoms with Crippen LogP contribution in [0.2, 0.25) is 0 Å². The first-order valence-corrected chi connectivity index (χ1v) is 24.6. The van der Waals surface area contributed by atoms with Crippen LogP contribution in [0, 0.1) is 0 Å². The molecule has 0 saturated carbocycles. The van der Waals surface area contributed by atoms with Crippen LogP contribution >= 0.6 is 0 Å². The molecule has 9 aromatic carbocycles. The topological polar surface area (TPSA) is 604 Å².